The van der Waals surface area contributed by atoms with Crippen molar-refractivity contribution < 1.29 is 14.1 Å². The molecule has 1 unspecified atom stereocenters. The van der Waals surface area contributed by atoms with Gasteiger partial charge >= 0.3 is 5.69 Å². The van der Waals surface area contributed by atoms with E-state index >= 15 is 0 Å². The fourth-order valence-corrected chi connectivity index (χ4v) is 2.05. The highest BCUT2D eigenvalue weighted by atomic mass is 79.9. The lowest BCUT2D eigenvalue weighted by molar-refractivity contribution is -0.386. The molecule has 2 rings (SSSR count). The molecule has 0 bridgehead atoms. The molecule has 1 N–H and O–H groups in total. The number of halogens is 2. The molecule has 5 nitrogen and oxygen atoms in total. The number of hydrogen-bond donors (Lipinski definition) is 1. The summed E-state index contributed by atoms with van der Waals surface area (Å²) >= 11 is 2.93. The second-order valence-electron chi connectivity index (χ2n) is 5.09. The van der Waals surface area contributed by atoms with Crippen LogP contribution in [0.2, 0.25) is 0 Å². The summed E-state index contributed by atoms with van der Waals surface area (Å²) in [6.07, 6.45) is 2.41. The Morgan fingerprint density at radius 1 is 1.60 bits per heavy atom. The average molecular weight is 347 g/mol. The first-order valence-electron chi connectivity index (χ1n) is 6.47. The molecule has 1 aliphatic rings. The minimum Gasteiger partial charge on any atom is -0.486 e. The molecule has 1 aromatic carbocycles. The van der Waals surface area contributed by atoms with Gasteiger partial charge in [-0.3, -0.25) is 10.1 Å². The monoisotopic (exact) mass is 346 g/mol. The lowest BCUT2D eigenvalue weighted by Gasteiger charge is -2.14. The van der Waals surface area contributed by atoms with Gasteiger partial charge in [0.05, 0.1) is 16.0 Å². The lowest BCUT2D eigenvalue weighted by atomic mass is 10.2. The zero-order chi connectivity index (χ0) is 14.7. The van der Waals surface area contributed by atoms with E-state index in [1.54, 1.807) is 0 Å². The Morgan fingerprint density at radius 2 is 2.30 bits per heavy atom. The van der Waals surface area contributed by atoms with Crippen molar-refractivity contribution >= 4 is 21.6 Å². The Bertz CT molecular complexity index is 509. The maximum atomic E-state index is 13.4. The predicted molar refractivity (Wildman–Crippen MR) is 76.4 cm³/mol. The van der Waals surface area contributed by atoms with Crippen molar-refractivity contribution in [3.05, 3.63) is 32.5 Å². The molecule has 7 heteroatoms. The van der Waals surface area contributed by atoms with Crippen LogP contribution in [0.5, 0.6) is 5.75 Å². The first-order chi connectivity index (χ1) is 9.47. The molecule has 20 heavy (non-hydrogen) atoms. The first-order valence-corrected chi connectivity index (χ1v) is 7.26. The van der Waals surface area contributed by atoms with E-state index < -0.39 is 10.7 Å². The smallest absolute Gasteiger partial charge is 0.312 e. The molecule has 0 spiro atoms. The number of nitrogens with zero attached hydrogens (tertiary/aromatic N) is 1. The van der Waals surface area contributed by atoms with Crippen LogP contribution in [-0.2, 0) is 0 Å². The van der Waals surface area contributed by atoms with E-state index in [1.165, 1.54) is 12.8 Å². The van der Waals surface area contributed by atoms with Crippen molar-refractivity contribution in [2.24, 2.45) is 5.92 Å². The van der Waals surface area contributed by atoms with Crippen LogP contribution in [0.15, 0.2) is 16.6 Å². The summed E-state index contributed by atoms with van der Waals surface area (Å²) < 4.78 is 18.9. The normalized spacial score (nSPS) is 15.9. The van der Waals surface area contributed by atoms with Gasteiger partial charge in [0.25, 0.3) is 0 Å². The van der Waals surface area contributed by atoms with Crippen LogP contribution in [0.1, 0.15) is 19.8 Å². The van der Waals surface area contributed by atoms with Crippen LogP contribution in [0, 0.1) is 21.8 Å². The lowest BCUT2D eigenvalue weighted by Crippen LogP contribution is -2.26. The summed E-state index contributed by atoms with van der Waals surface area (Å²) in [5.74, 6) is -0.412. The van der Waals surface area contributed by atoms with Crippen molar-refractivity contribution in [2.45, 2.75) is 25.8 Å². The van der Waals surface area contributed by atoms with E-state index in [0.717, 1.165) is 18.7 Å². The molecule has 0 amide bonds. The highest BCUT2D eigenvalue weighted by Gasteiger charge is 2.22. The van der Waals surface area contributed by atoms with Crippen molar-refractivity contribution in [1.82, 2.24) is 5.32 Å². The van der Waals surface area contributed by atoms with Gasteiger partial charge in [0.2, 0.25) is 0 Å². The van der Waals surface area contributed by atoms with Gasteiger partial charge in [-0.1, -0.05) is 6.92 Å². The van der Waals surface area contributed by atoms with E-state index in [9.17, 15) is 14.5 Å². The molecular weight excluding hydrogens is 331 g/mol. The van der Waals surface area contributed by atoms with Crippen LogP contribution in [0.25, 0.3) is 0 Å². The van der Waals surface area contributed by atoms with Gasteiger partial charge in [-0.25, -0.2) is 4.39 Å². The number of ether oxygens (including phenoxy) is 1. The summed E-state index contributed by atoms with van der Waals surface area (Å²) in [6, 6.07) is 2.78. The summed E-state index contributed by atoms with van der Waals surface area (Å²) in [5.41, 5.74) is -0.236. The molecule has 0 radical (unpaired) electrons. The molecule has 1 fully saturated rings. The standard InChI is InChI=1S/C13H16BrFN2O3/c1-8(6-16-9-2-3-9)7-20-13-5-11(15)10(14)4-12(13)17(18)19/h4-5,8-9,16H,2-3,6-7H2,1H3. The summed E-state index contributed by atoms with van der Waals surface area (Å²) in [5, 5.41) is 14.3. The minimum atomic E-state index is -0.577. The van der Waals surface area contributed by atoms with Crippen LogP contribution in [-0.4, -0.2) is 24.1 Å². The van der Waals surface area contributed by atoms with Crippen LogP contribution >= 0.6 is 15.9 Å². The third-order valence-corrected chi connectivity index (χ3v) is 3.66. The molecule has 0 aromatic heterocycles. The average Bonchev–Trinajstić information content (AvgIpc) is 3.21. The maximum Gasteiger partial charge on any atom is 0.312 e. The van der Waals surface area contributed by atoms with E-state index in [0.29, 0.717) is 12.6 Å². The molecule has 0 aliphatic heterocycles. The van der Waals surface area contributed by atoms with Gasteiger partial charge < -0.3 is 10.1 Å². The topological polar surface area (TPSA) is 64.4 Å². The Morgan fingerprint density at radius 3 is 2.90 bits per heavy atom. The van der Waals surface area contributed by atoms with Crippen molar-refractivity contribution in [3.8, 4) is 5.75 Å². The summed E-state index contributed by atoms with van der Waals surface area (Å²) in [4.78, 5) is 10.3. The molecule has 1 aromatic rings. The number of nitro benzene ring substituents is 1. The third kappa shape index (κ3) is 4.14. The second kappa shape index (κ2) is 6.49. The van der Waals surface area contributed by atoms with Gasteiger partial charge in [-0.15, -0.1) is 0 Å². The second-order valence-corrected chi connectivity index (χ2v) is 5.94. The molecule has 0 saturated heterocycles. The fraction of sp³-hybridized carbons (Fsp3) is 0.538. The van der Waals surface area contributed by atoms with Crippen LogP contribution in [0.4, 0.5) is 10.1 Å². The first kappa shape index (κ1) is 15.2. The molecule has 0 heterocycles. The van der Waals surface area contributed by atoms with Crippen molar-refractivity contribution in [3.63, 3.8) is 0 Å². The number of nitrogens with one attached hydrogen (secondary N) is 1. The Balaban J connectivity index is 1.96. The molecule has 1 atom stereocenters. The number of hydrogen-bond acceptors (Lipinski definition) is 4. The molecule has 110 valence electrons. The SMILES string of the molecule is CC(CNC1CC1)COc1cc(F)c(Br)cc1[N+](=O)[O-]. The fourth-order valence-electron chi connectivity index (χ4n) is 1.72. The van der Waals surface area contributed by atoms with Crippen molar-refractivity contribution in [2.75, 3.05) is 13.2 Å². The molecule has 1 aliphatic carbocycles. The maximum absolute atomic E-state index is 13.4. The predicted octanol–water partition coefficient (Wildman–Crippen LogP) is 3.26. The third-order valence-electron chi connectivity index (χ3n) is 3.05. The van der Waals surface area contributed by atoms with E-state index in [1.807, 2.05) is 6.92 Å². The minimum absolute atomic E-state index is 0.0334. The highest BCUT2D eigenvalue weighted by molar-refractivity contribution is 9.10. The van der Waals surface area contributed by atoms with Gasteiger partial charge in [0.1, 0.15) is 5.82 Å². The summed E-state index contributed by atoms with van der Waals surface area (Å²) in [7, 11) is 0. The number of benzene rings is 1. The summed E-state index contributed by atoms with van der Waals surface area (Å²) in [6.45, 7) is 3.08. The largest absolute Gasteiger partial charge is 0.486 e. The highest BCUT2D eigenvalue weighted by Crippen LogP contribution is 2.32. The van der Waals surface area contributed by atoms with Gasteiger partial charge in [-0.2, -0.15) is 0 Å². The van der Waals surface area contributed by atoms with E-state index in [2.05, 4.69) is 21.2 Å². The van der Waals surface area contributed by atoms with Gasteiger partial charge in [0.15, 0.2) is 5.75 Å². The Hall–Kier alpha value is -1.21. The van der Waals surface area contributed by atoms with E-state index in [-0.39, 0.29) is 21.8 Å². The van der Waals surface area contributed by atoms with Crippen molar-refractivity contribution in [1.29, 1.82) is 0 Å². The zero-order valence-electron chi connectivity index (χ0n) is 11.1. The van der Waals surface area contributed by atoms with Crippen LogP contribution in [0.3, 0.4) is 0 Å². The van der Waals surface area contributed by atoms with Gasteiger partial charge in [0, 0.05) is 30.6 Å². The van der Waals surface area contributed by atoms with E-state index in [4.69, 9.17) is 4.74 Å². The quantitative estimate of drug-likeness (QED) is 0.607. The molecule has 1 saturated carbocycles. The van der Waals surface area contributed by atoms with Crippen LogP contribution < -0.4 is 10.1 Å². The number of rotatable bonds is 7. The Kier molecular flexibility index (Phi) is 4.93. The Labute approximate surface area is 124 Å². The van der Waals surface area contributed by atoms with Gasteiger partial charge in [-0.05, 0) is 28.8 Å². The molecular formula is C13H16BrFN2O3. The zero-order valence-corrected chi connectivity index (χ0v) is 12.7. The number of nitro groups is 1.